The SMILES string of the molecule is CCOC(=O)N1CCC(NC(=O)C2CCCN(C(=O)C(F)(F)F)C2)CC1. The van der Waals surface area contributed by atoms with E-state index in [-0.39, 0.29) is 31.1 Å². The van der Waals surface area contributed by atoms with Crippen LogP contribution in [0.2, 0.25) is 0 Å². The molecular formula is C16H24F3N3O4. The van der Waals surface area contributed by atoms with E-state index in [0.29, 0.717) is 50.3 Å². The highest BCUT2D eigenvalue weighted by Crippen LogP contribution is 2.24. The first kappa shape index (κ1) is 20.3. The highest BCUT2D eigenvalue weighted by Gasteiger charge is 2.44. The minimum absolute atomic E-state index is 0.0139. The van der Waals surface area contributed by atoms with Gasteiger partial charge in [0.1, 0.15) is 0 Å². The van der Waals surface area contributed by atoms with Crippen LogP contribution in [0.25, 0.3) is 0 Å². The van der Waals surface area contributed by atoms with Crippen molar-refractivity contribution in [3.8, 4) is 0 Å². The molecule has 0 aromatic heterocycles. The van der Waals surface area contributed by atoms with Crippen LogP contribution in [0.15, 0.2) is 0 Å². The highest BCUT2D eigenvalue weighted by molar-refractivity contribution is 5.84. The molecule has 0 spiro atoms. The second-order valence-electron chi connectivity index (χ2n) is 6.56. The average molecular weight is 379 g/mol. The van der Waals surface area contributed by atoms with Crippen molar-refractivity contribution >= 4 is 17.9 Å². The van der Waals surface area contributed by atoms with Crippen molar-refractivity contribution in [2.75, 3.05) is 32.8 Å². The lowest BCUT2D eigenvalue weighted by atomic mass is 9.95. The fourth-order valence-corrected chi connectivity index (χ4v) is 3.30. The molecular weight excluding hydrogens is 355 g/mol. The Kier molecular flexibility index (Phi) is 6.71. The Morgan fingerprint density at radius 3 is 2.31 bits per heavy atom. The molecule has 0 aliphatic carbocycles. The van der Waals surface area contributed by atoms with E-state index in [9.17, 15) is 27.6 Å². The Labute approximate surface area is 149 Å². The minimum atomic E-state index is -4.92. The van der Waals surface area contributed by atoms with E-state index in [1.807, 2.05) is 0 Å². The molecule has 2 rings (SSSR count). The van der Waals surface area contributed by atoms with Gasteiger partial charge >= 0.3 is 18.2 Å². The van der Waals surface area contributed by atoms with E-state index in [2.05, 4.69) is 5.32 Å². The first-order valence-corrected chi connectivity index (χ1v) is 8.80. The zero-order valence-electron chi connectivity index (χ0n) is 14.7. The Morgan fingerprint density at radius 1 is 1.08 bits per heavy atom. The van der Waals surface area contributed by atoms with Crippen molar-refractivity contribution in [3.63, 3.8) is 0 Å². The number of carbonyl (C=O) groups is 3. The molecule has 0 aromatic carbocycles. The first-order chi connectivity index (χ1) is 12.2. The van der Waals surface area contributed by atoms with Crippen molar-refractivity contribution in [2.45, 2.75) is 44.8 Å². The number of amides is 3. The van der Waals surface area contributed by atoms with Gasteiger partial charge in [-0.25, -0.2) is 4.79 Å². The van der Waals surface area contributed by atoms with Crippen molar-refractivity contribution in [1.29, 1.82) is 0 Å². The molecule has 3 amide bonds. The van der Waals surface area contributed by atoms with Crippen LogP contribution in [-0.4, -0.2) is 72.7 Å². The number of alkyl halides is 3. The Balaban J connectivity index is 1.81. The Bertz CT molecular complexity index is 533. The maximum Gasteiger partial charge on any atom is 0.471 e. The van der Waals surface area contributed by atoms with Gasteiger partial charge in [-0.2, -0.15) is 13.2 Å². The van der Waals surface area contributed by atoms with Crippen LogP contribution in [0.1, 0.15) is 32.6 Å². The van der Waals surface area contributed by atoms with Crippen LogP contribution in [0.4, 0.5) is 18.0 Å². The average Bonchev–Trinajstić information content (AvgIpc) is 2.61. The Hall–Kier alpha value is -2.00. The lowest BCUT2D eigenvalue weighted by molar-refractivity contribution is -0.187. The van der Waals surface area contributed by atoms with Gasteiger partial charge in [0.15, 0.2) is 0 Å². The molecule has 2 aliphatic heterocycles. The maximum absolute atomic E-state index is 12.6. The van der Waals surface area contributed by atoms with Gasteiger partial charge in [-0.15, -0.1) is 0 Å². The third-order valence-corrected chi connectivity index (χ3v) is 4.69. The van der Waals surface area contributed by atoms with Crippen LogP contribution < -0.4 is 5.32 Å². The number of nitrogens with zero attached hydrogens (tertiary/aromatic N) is 2. The number of ether oxygens (including phenoxy) is 1. The molecule has 1 atom stereocenters. The number of halogens is 3. The van der Waals surface area contributed by atoms with Gasteiger partial charge in [-0.05, 0) is 32.6 Å². The van der Waals surface area contributed by atoms with Crippen LogP contribution >= 0.6 is 0 Å². The zero-order valence-corrected chi connectivity index (χ0v) is 14.7. The van der Waals surface area contributed by atoms with Crippen LogP contribution in [0, 0.1) is 5.92 Å². The van der Waals surface area contributed by atoms with Crippen molar-refractivity contribution in [1.82, 2.24) is 15.1 Å². The van der Waals surface area contributed by atoms with E-state index >= 15 is 0 Å². The quantitative estimate of drug-likeness (QED) is 0.807. The predicted molar refractivity (Wildman–Crippen MR) is 85.1 cm³/mol. The summed E-state index contributed by atoms with van der Waals surface area (Å²) in [5.74, 6) is -2.87. The van der Waals surface area contributed by atoms with E-state index in [4.69, 9.17) is 4.74 Å². The normalized spacial score (nSPS) is 22.1. The van der Waals surface area contributed by atoms with Crippen LogP contribution in [0.3, 0.4) is 0 Å². The molecule has 10 heteroatoms. The topological polar surface area (TPSA) is 79.0 Å². The van der Waals surface area contributed by atoms with E-state index in [1.165, 1.54) is 0 Å². The lowest BCUT2D eigenvalue weighted by Gasteiger charge is -2.35. The number of carbonyl (C=O) groups excluding carboxylic acids is 3. The predicted octanol–water partition coefficient (Wildman–Crippen LogP) is 1.52. The molecule has 0 radical (unpaired) electrons. The smallest absolute Gasteiger partial charge is 0.450 e. The lowest BCUT2D eigenvalue weighted by Crippen LogP contribution is -2.52. The summed E-state index contributed by atoms with van der Waals surface area (Å²) in [6.07, 6.45) is -3.37. The summed E-state index contributed by atoms with van der Waals surface area (Å²) in [5, 5.41) is 2.84. The summed E-state index contributed by atoms with van der Waals surface area (Å²) < 4.78 is 42.6. The van der Waals surface area contributed by atoms with Gasteiger partial charge in [-0.1, -0.05) is 0 Å². The largest absolute Gasteiger partial charge is 0.471 e. The second-order valence-corrected chi connectivity index (χ2v) is 6.56. The first-order valence-electron chi connectivity index (χ1n) is 8.80. The number of hydrogen-bond donors (Lipinski definition) is 1. The van der Waals surface area contributed by atoms with E-state index < -0.39 is 18.0 Å². The Morgan fingerprint density at radius 2 is 1.73 bits per heavy atom. The van der Waals surface area contributed by atoms with E-state index in [0.717, 1.165) is 0 Å². The highest BCUT2D eigenvalue weighted by atomic mass is 19.4. The number of piperidine rings is 2. The van der Waals surface area contributed by atoms with Gasteiger partial charge in [0.25, 0.3) is 0 Å². The van der Waals surface area contributed by atoms with Gasteiger partial charge in [-0.3, -0.25) is 9.59 Å². The van der Waals surface area contributed by atoms with Crippen molar-refractivity contribution in [3.05, 3.63) is 0 Å². The fourth-order valence-electron chi connectivity index (χ4n) is 3.30. The summed E-state index contributed by atoms with van der Waals surface area (Å²) in [7, 11) is 0. The molecule has 1 N–H and O–H groups in total. The minimum Gasteiger partial charge on any atom is -0.450 e. The molecule has 26 heavy (non-hydrogen) atoms. The fraction of sp³-hybridized carbons (Fsp3) is 0.812. The number of hydrogen-bond acceptors (Lipinski definition) is 4. The van der Waals surface area contributed by atoms with Crippen molar-refractivity contribution in [2.24, 2.45) is 5.92 Å². The molecule has 7 nitrogen and oxygen atoms in total. The van der Waals surface area contributed by atoms with Gasteiger partial charge in [0, 0.05) is 32.2 Å². The molecule has 2 fully saturated rings. The third-order valence-electron chi connectivity index (χ3n) is 4.69. The van der Waals surface area contributed by atoms with Gasteiger partial charge < -0.3 is 19.9 Å². The molecule has 1 unspecified atom stereocenters. The molecule has 2 heterocycles. The van der Waals surface area contributed by atoms with Gasteiger partial charge in [0.2, 0.25) is 5.91 Å². The molecule has 0 aromatic rings. The third kappa shape index (κ3) is 5.25. The standard InChI is InChI=1S/C16H24F3N3O4/c1-2-26-15(25)21-8-5-12(6-9-21)20-13(23)11-4-3-7-22(10-11)14(24)16(17,18)19/h11-12H,2-10H2,1H3,(H,20,23). The monoisotopic (exact) mass is 379 g/mol. The van der Waals surface area contributed by atoms with Crippen molar-refractivity contribution < 1.29 is 32.3 Å². The zero-order chi connectivity index (χ0) is 19.3. The van der Waals surface area contributed by atoms with Crippen LogP contribution in [-0.2, 0) is 14.3 Å². The number of likely N-dealkylation sites (tertiary alicyclic amines) is 2. The maximum atomic E-state index is 12.6. The summed E-state index contributed by atoms with van der Waals surface area (Å²) in [6, 6.07) is -0.137. The van der Waals surface area contributed by atoms with Crippen LogP contribution in [0.5, 0.6) is 0 Å². The summed E-state index contributed by atoms with van der Waals surface area (Å²) in [4.78, 5) is 37.6. The summed E-state index contributed by atoms with van der Waals surface area (Å²) in [5.41, 5.74) is 0. The second kappa shape index (κ2) is 8.59. The summed E-state index contributed by atoms with van der Waals surface area (Å²) >= 11 is 0. The molecule has 0 bridgehead atoms. The summed E-state index contributed by atoms with van der Waals surface area (Å²) in [6.45, 7) is 2.72. The molecule has 2 saturated heterocycles. The number of rotatable bonds is 3. The van der Waals surface area contributed by atoms with Gasteiger partial charge in [0.05, 0.1) is 12.5 Å². The molecule has 0 saturated carbocycles. The molecule has 2 aliphatic rings. The number of nitrogens with one attached hydrogen (secondary N) is 1. The van der Waals surface area contributed by atoms with E-state index in [1.54, 1.807) is 11.8 Å². The molecule has 148 valence electrons.